The Morgan fingerprint density at radius 3 is 2.57 bits per heavy atom. The number of benzene rings is 1. The van der Waals surface area contributed by atoms with Crippen molar-refractivity contribution in [2.45, 2.75) is 25.7 Å². The number of carboxylic acids is 1. The van der Waals surface area contributed by atoms with Crippen molar-refractivity contribution in [3.63, 3.8) is 0 Å². The molecule has 6 nitrogen and oxygen atoms in total. The topological polar surface area (TPSA) is 84.9 Å². The standard InChI is InChI=1S/C15H17NO5/c17-14(10-3-1-2-4-11(10)15(18)19)16-9-5-6-12-13(7-9)21-8-20-12/h5-7,10-11H,1-4,8H2,(H,16,17)(H,18,19)/t10-,11+/m1/s1. The number of hydrogen-bond acceptors (Lipinski definition) is 4. The second-order valence-corrected chi connectivity index (χ2v) is 5.39. The van der Waals surface area contributed by atoms with Crippen LogP contribution in [-0.2, 0) is 9.59 Å². The molecule has 1 aromatic rings. The number of ether oxygens (including phenoxy) is 2. The van der Waals surface area contributed by atoms with Crippen LogP contribution in [0.2, 0.25) is 0 Å². The largest absolute Gasteiger partial charge is 0.481 e. The minimum Gasteiger partial charge on any atom is -0.481 e. The van der Waals surface area contributed by atoms with Gasteiger partial charge in [-0.25, -0.2) is 0 Å². The Balaban J connectivity index is 1.71. The van der Waals surface area contributed by atoms with Gasteiger partial charge in [-0.1, -0.05) is 12.8 Å². The number of nitrogens with one attached hydrogen (secondary N) is 1. The Morgan fingerprint density at radius 1 is 1.10 bits per heavy atom. The Hall–Kier alpha value is -2.24. The Bertz CT molecular complexity index is 571. The van der Waals surface area contributed by atoms with Crippen LogP contribution in [0.25, 0.3) is 0 Å². The number of anilines is 1. The summed E-state index contributed by atoms with van der Waals surface area (Å²) < 4.78 is 10.5. The summed E-state index contributed by atoms with van der Waals surface area (Å²) in [5, 5.41) is 12.0. The molecule has 1 aromatic carbocycles. The second kappa shape index (κ2) is 5.63. The molecule has 0 saturated heterocycles. The molecule has 112 valence electrons. The smallest absolute Gasteiger partial charge is 0.307 e. The molecule has 21 heavy (non-hydrogen) atoms. The maximum absolute atomic E-state index is 12.3. The molecule has 0 radical (unpaired) electrons. The van der Waals surface area contributed by atoms with E-state index in [0.717, 1.165) is 12.8 Å². The number of aliphatic carboxylic acids is 1. The van der Waals surface area contributed by atoms with Gasteiger partial charge >= 0.3 is 5.97 Å². The van der Waals surface area contributed by atoms with E-state index in [1.807, 2.05) is 0 Å². The number of fused-ring (bicyclic) bond motifs is 1. The third-order valence-electron chi connectivity index (χ3n) is 4.06. The van der Waals surface area contributed by atoms with Crippen LogP contribution in [0.3, 0.4) is 0 Å². The van der Waals surface area contributed by atoms with Gasteiger partial charge in [0.25, 0.3) is 0 Å². The minimum atomic E-state index is -0.888. The maximum atomic E-state index is 12.3. The van der Waals surface area contributed by atoms with E-state index >= 15 is 0 Å². The predicted octanol–water partition coefficient (Wildman–Crippen LogP) is 2.24. The highest BCUT2D eigenvalue weighted by Crippen LogP contribution is 2.35. The molecule has 2 aliphatic rings. The maximum Gasteiger partial charge on any atom is 0.307 e. The van der Waals surface area contributed by atoms with E-state index in [2.05, 4.69) is 5.32 Å². The summed E-state index contributed by atoms with van der Waals surface area (Å²) >= 11 is 0. The molecule has 1 aliphatic heterocycles. The van der Waals surface area contributed by atoms with Gasteiger partial charge in [-0.3, -0.25) is 9.59 Å². The van der Waals surface area contributed by atoms with Crippen LogP contribution < -0.4 is 14.8 Å². The third-order valence-corrected chi connectivity index (χ3v) is 4.06. The van der Waals surface area contributed by atoms with Crippen molar-refractivity contribution in [3.8, 4) is 11.5 Å². The van der Waals surface area contributed by atoms with Crippen molar-refractivity contribution in [1.29, 1.82) is 0 Å². The fourth-order valence-corrected chi connectivity index (χ4v) is 2.95. The molecule has 3 rings (SSSR count). The average molecular weight is 291 g/mol. The van der Waals surface area contributed by atoms with Crippen LogP contribution in [-0.4, -0.2) is 23.8 Å². The first-order chi connectivity index (χ1) is 10.1. The van der Waals surface area contributed by atoms with Gasteiger partial charge in [-0.05, 0) is 25.0 Å². The quantitative estimate of drug-likeness (QED) is 0.892. The van der Waals surface area contributed by atoms with Gasteiger partial charge in [-0.2, -0.15) is 0 Å². The lowest BCUT2D eigenvalue weighted by Gasteiger charge is -2.27. The molecule has 2 N–H and O–H groups in total. The summed E-state index contributed by atoms with van der Waals surface area (Å²) in [6, 6.07) is 5.15. The molecular weight excluding hydrogens is 274 g/mol. The van der Waals surface area contributed by atoms with Gasteiger partial charge in [0.2, 0.25) is 12.7 Å². The second-order valence-electron chi connectivity index (χ2n) is 5.39. The Labute approximate surface area is 122 Å². The summed E-state index contributed by atoms with van der Waals surface area (Å²) in [4.78, 5) is 23.6. The zero-order chi connectivity index (χ0) is 14.8. The van der Waals surface area contributed by atoms with Crippen LogP contribution in [0.1, 0.15) is 25.7 Å². The Morgan fingerprint density at radius 2 is 1.81 bits per heavy atom. The molecule has 1 heterocycles. The molecule has 2 atom stereocenters. The highest BCUT2D eigenvalue weighted by molar-refractivity contribution is 5.95. The summed E-state index contributed by atoms with van der Waals surface area (Å²) in [6.45, 7) is 0.177. The molecule has 0 bridgehead atoms. The van der Waals surface area contributed by atoms with E-state index in [1.165, 1.54) is 0 Å². The summed E-state index contributed by atoms with van der Waals surface area (Å²) in [5.74, 6) is -0.948. The van der Waals surface area contributed by atoms with Crippen LogP contribution in [0.4, 0.5) is 5.69 Å². The van der Waals surface area contributed by atoms with Gasteiger partial charge in [0.1, 0.15) is 0 Å². The highest BCUT2D eigenvalue weighted by atomic mass is 16.7. The van der Waals surface area contributed by atoms with E-state index in [4.69, 9.17) is 9.47 Å². The molecule has 1 saturated carbocycles. The first-order valence-electron chi connectivity index (χ1n) is 7.08. The highest BCUT2D eigenvalue weighted by Gasteiger charge is 2.35. The average Bonchev–Trinajstić information content (AvgIpc) is 2.94. The van der Waals surface area contributed by atoms with Gasteiger partial charge in [0, 0.05) is 11.8 Å². The number of carbonyl (C=O) groups is 2. The zero-order valence-corrected chi connectivity index (χ0v) is 11.5. The van der Waals surface area contributed by atoms with Crippen molar-refractivity contribution in [3.05, 3.63) is 18.2 Å². The molecule has 0 spiro atoms. The van der Waals surface area contributed by atoms with Gasteiger partial charge in [0.15, 0.2) is 11.5 Å². The predicted molar refractivity (Wildman–Crippen MR) is 74.3 cm³/mol. The zero-order valence-electron chi connectivity index (χ0n) is 11.5. The van der Waals surface area contributed by atoms with Gasteiger partial charge < -0.3 is 19.9 Å². The van der Waals surface area contributed by atoms with Crippen molar-refractivity contribution >= 4 is 17.6 Å². The number of carbonyl (C=O) groups excluding carboxylic acids is 1. The van der Waals surface area contributed by atoms with Crippen LogP contribution in [0.15, 0.2) is 18.2 Å². The lowest BCUT2D eigenvalue weighted by molar-refractivity contribution is -0.147. The lowest BCUT2D eigenvalue weighted by atomic mass is 9.78. The molecule has 1 aliphatic carbocycles. The monoisotopic (exact) mass is 291 g/mol. The molecule has 0 unspecified atom stereocenters. The fraction of sp³-hybridized carbons (Fsp3) is 0.467. The van der Waals surface area contributed by atoms with Crippen molar-refractivity contribution < 1.29 is 24.2 Å². The first-order valence-corrected chi connectivity index (χ1v) is 7.08. The van der Waals surface area contributed by atoms with Gasteiger partial charge in [0.05, 0.1) is 11.8 Å². The van der Waals surface area contributed by atoms with E-state index in [1.54, 1.807) is 18.2 Å². The third kappa shape index (κ3) is 2.79. The lowest BCUT2D eigenvalue weighted by Crippen LogP contribution is -2.36. The van der Waals surface area contributed by atoms with E-state index < -0.39 is 17.8 Å². The SMILES string of the molecule is O=C(O)[C@H]1CCCC[C@H]1C(=O)Nc1ccc2c(c1)OCO2. The number of rotatable bonds is 3. The van der Waals surface area contributed by atoms with E-state index in [9.17, 15) is 14.7 Å². The molecule has 0 aromatic heterocycles. The normalized spacial score (nSPS) is 23.6. The van der Waals surface area contributed by atoms with Crippen molar-refractivity contribution in [2.24, 2.45) is 11.8 Å². The fourth-order valence-electron chi connectivity index (χ4n) is 2.95. The summed E-state index contributed by atoms with van der Waals surface area (Å²) in [7, 11) is 0. The van der Waals surface area contributed by atoms with Crippen LogP contribution >= 0.6 is 0 Å². The number of amides is 1. The first kappa shape index (κ1) is 13.7. The van der Waals surface area contributed by atoms with Crippen LogP contribution in [0, 0.1) is 11.8 Å². The summed E-state index contributed by atoms with van der Waals surface area (Å²) in [6.07, 6.45) is 2.94. The minimum absolute atomic E-state index is 0.177. The molecule has 1 fully saturated rings. The molecule has 1 amide bonds. The van der Waals surface area contributed by atoms with Crippen molar-refractivity contribution in [2.75, 3.05) is 12.1 Å². The molecule has 6 heteroatoms. The Kier molecular flexibility index (Phi) is 3.68. The van der Waals surface area contributed by atoms with E-state index in [0.29, 0.717) is 30.0 Å². The summed E-state index contributed by atoms with van der Waals surface area (Å²) in [5.41, 5.74) is 0.596. The molecular formula is C15H17NO5. The number of hydrogen-bond donors (Lipinski definition) is 2. The van der Waals surface area contributed by atoms with E-state index in [-0.39, 0.29) is 12.7 Å². The van der Waals surface area contributed by atoms with Gasteiger partial charge in [-0.15, -0.1) is 0 Å². The van der Waals surface area contributed by atoms with Crippen LogP contribution in [0.5, 0.6) is 11.5 Å². The van der Waals surface area contributed by atoms with Crippen molar-refractivity contribution in [1.82, 2.24) is 0 Å². The number of carboxylic acid groups (broad SMARTS) is 1.